The van der Waals surface area contributed by atoms with Gasteiger partial charge in [-0.25, -0.2) is 0 Å². The Morgan fingerprint density at radius 2 is 1.97 bits per heavy atom. The molecule has 2 aromatic carbocycles. The van der Waals surface area contributed by atoms with Gasteiger partial charge in [-0.15, -0.1) is 11.3 Å². The van der Waals surface area contributed by atoms with Gasteiger partial charge in [0.2, 0.25) is 5.91 Å². The number of amides is 1. The lowest BCUT2D eigenvalue weighted by Crippen LogP contribution is -2.36. The van der Waals surface area contributed by atoms with Gasteiger partial charge in [0.1, 0.15) is 19.0 Å². The van der Waals surface area contributed by atoms with E-state index < -0.39 is 0 Å². The molecule has 0 radical (unpaired) electrons. The molecule has 6 nitrogen and oxygen atoms in total. The normalized spacial score (nSPS) is 12.3. The van der Waals surface area contributed by atoms with Gasteiger partial charge in [-0.05, 0) is 41.3 Å². The zero-order valence-electron chi connectivity index (χ0n) is 16.8. The number of anilines is 1. The Balaban J connectivity index is 1.46. The molecule has 1 N–H and O–H groups in total. The topological polar surface area (TPSA) is 60.0 Å². The molecule has 1 aliphatic rings. The second-order valence-electron chi connectivity index (χ2n) is 6.89. The van der Waals surface area contributed by atoms with Crippen molar-refractivity contribution in [2.45, 2.75) is 13.1 Å². The first-order valence-electron chi connectivity index (χ1n) is 9.78. The Hall–Kier alpha value is -3.19. The Bertz CT molecular complexity index is 991. The number of hydrogen-bond acceptors (Lipinski definition) is 6. The van der Waals surface area contributed by atoms with Crippen LogP contribution in [0.1, 0.15) is 10.4 Å². The van der Waals surface area contributed by atoms with Gasteiger partial charge in [-0.2, -0.15) is 0 Å². The van der Waals surface area contributed by atoms with Crippen LogP contribution in [0.5, 0.6) is 17.2 Å². The fraction of sp³-hybridized carbons (Fsp3) is 0.261. The molecule has 7 heteroatoms. The molecule has 30 heavy (non-hydrogen) atoms. The van der Waals surface area contributed by atoms with Crippen LogP contribution < -0.4 is 24.4 Å². The SMILES string of the molecule is COc1cccc(CNC(=O)CN(Cc2cccs2)c2ccc3c(c2)OCCO3)c1. The third kappa shape index (κ3) is 5.04. The first-order chi connectivity index (χ1) is 14.7. The van der Waals surface area contributed by atoms with E-state index in [9.17, 15) is 4.79 Å². The Kier molecular flexibility index (Phi) is 6.39. The van der Waals surface area contributed by atoms with Gasteiger partial charge in [0.05, 0.1) is 20.2 Å². The van der Waals surface area contributed by atoms with E-state index in [2.05, 4.69) is 11.4 Å². The van der Waals surface area contributed by atoms with Crippen LogP contribution >= 0.6 is 11.3 Å². The van der Waals surface area contributed by atoms with E-state index in [4.69, 9.17) is 14.2 Å². The summed E-state index contributed by atoms with van der Waals surface area (Å²) in [4.78, 5) is 16.0. The molecule has 1 amide bonds. The van der Waals surface area contributed by atoms with Crippen molar-refractivity contribution in [2.24, 2.45) is 0 Å². The van der Waals surface area contributed by atoms with Crippen LogP contribution in [-0.4, -0.2) is 32.8 Å². The van der Waals surface area contributed by atoms with E-state index in [-0.39, 0.29) is 12.5 Å². The lowest BCUT2D eigenvalue weighted by Gasteiger charge is -2.26. The molecule has 0 bridgehead atoms. The third-order valence-electron chi connectivity index (χ3n) is 4.78. The van der Waals surface area contributed by atoms with Crippen LogP contribution in [-0.2, 0) is 17.9 Å². The van der Waals surface area contributed by atoms with Crippen molar-refractivity contribution in [3.63, 3.8) is 0 Å². The summed E-state index contributed by atoms with van der Waals surface area (Å²) in [7, 11) is 1.63. The van der Waals surface area contributed by atoms with Crippen molar-refractivity contribution in [1.29, 1.82) is 0 Å². The smallest absolute Gasteiger partial charge is 0.239 e. The van der Waals surface area contributed by atoms with Crippen LogP contribution in [0.2, 0.25) is 0 Å². The average molecular weight is 425 g/mol. The molecule has 0 spiro atoms. The molecular formula is C23H24N2O4S. The van der Waals surface area contributed by atoms with Gasteiger partial charge in [0, 0.05) is 23.2 Å². The standard InChI is InChI=1S/C23H24N2O4S/c1-27-19-5-2-4-17(12-19)14-24-23(26)16-25(15-20-6-3-11-30-20)18-7-8-21-22(13-18)29-10-9-28-21/h2-8,11-13H,9-10,14-16H2,1H3,(H,24,26). The maximum atomic E-state index is 12.7. The van der Waals surface area contributed by atoms with Crippen molar-refractivity contribution in [3.8, 4) is 17.2 Å². The molecule has 0 saturated carbocycles. The second-order valence-corrected chi connectivity index (χ2v) is 7.92. The molecule has 2 heterocycles. The number of ether oxygens (including phenoxy) is 3. The summed E-state index contributed by atoms with van der Waals surface area (Å²) in [6.45, 7) is 2.41. The zero-order chi connectivity index (χ0) is 20.8. The van der Waals surface area contributed by atoms with Gasteiger partial charge in [-0.1, -0.05) is 18.2 Å². The average Bonchev–Trinajstić information content (AvgIpc) is 3.30. The Labute approximate surface area is 180 Å². The highest BCUT2D eigenvalue weighted by Crippen LogP contribution is 2.34. The summed E-state index contributed by atoms with van der Waals surface area (Å²) < 4.78 is 16.6. The minimum absolute atomic E-state index is 0.0516. The van der Waals surface area contributed by atoms with Crippen LogP contribution in [0.15, 0.2) is 60.0 Å². The quantitative estimate of drug-likeness (QED) is 0.595. The predicted molar refractivity (Wildman–Crippen MR) is 118 cm³/mol. The monoisotopic (exact) mass is 424 g/mol. The highest BCUT2D eigenvalue weighted by Gasteiger charge is 2.17. The van der Waals surface area contributed by atoms with Crippen LogP contribution in [0.3, 0.4) is 0 Å². The van der Waals surface area contributed by atoms with Crippen molar-refractivity contribution in [1.82, 2.24) is 5.32 Å². The maximum Gasteiger partial charge on any atom is 0.239 e. The second kappa shape index (κ2) is 9.54. The number of benzene rings is 2. The van der Waals surface area contributed by atoms with Crippen LogP contribution in [0, 0.1) is 0 Å². The minimum atomic E-state index is -0.0516. The van der Waals surface area contributed by atoms with Crippen molar-refractivity contribution in [3.05, 3.63) is 70.4 Å². The highest BCUT2D eigenvalue weighted by molar-refractivity contribution is 7.09. The van der Waals surface area contributed by atoms with Gasteiger partial charge in [-0.3, -0.25) is 4.79 Å². The molecule has 0 aliphatic carbocycles. The van der Waals surface area contributed by atoms with E-state index in [0.29, 0.717) is 32.1 Å². The zero-order valence-corrected chi connectivity index (χ0v) is 17.6. The number of carbonyl (C=O) groups is 1. The first kappa shape index (κ1) is 20.1. The molecule has 0 saturated heterocycles. The van der Waals surface area contributed by atoms with Gasteiger partial charge in [0.25, 0.3) is 0 Å². The number of carbonyl (C=O) groups excluding carboxylic acids is 1. The fourth-order valence-corrected chi connectivity index (χ4v) is 3.99. The molecule has 1 aromatic heterocycles. The molecule has 0 atom stereocenters. The number of methoxy groups -OCH3 is 1. The van der Waals surface area contributed by atoms with Crippen LogP contribution in [0.25, 0.3) is 0 Å². The number of hydrogen-bond donors (Lipinski definition) is 1. The molecule has 156 valence electrons. The lowest BCUT2D eigenvalue weighted by atomic mass is 10.2. The highest BCUT2D eigenvalue weighted by atomic mass is 32.1. The summed E-state index contributed by atoms with van der Waals surface area (Å²) in [6, 6.07) is 17.6. The van der Waals surface area contributed by atoms with E-state index in [1.54, 1.807) is 18.4 Å². The lowest BCUT2D eigenvalue weighted by molar-refractivity contribution is -0.119. The van der Waals surface area contributed by atoms with E-state index in [1.807, 2.05) is 58.8 Å². The Morgan fingerprint density at radius 3 is 2.77 bits per heavy atom. The molecule has 3 aromatic rings. The van der Waals surface area contributed by atoms with Gasteiger partial charge >= 0.3 is 0 Å². The minimum Gasteiger partial charge on any atom is -0.497 e. The number of nitrogens with zero attached hydrogens (tertiary/aromatic N) is 1. The molecule has 0 fully saturated rings. The van der Waals surface area contributed by atoms with E-state index >= 15 is 0 Å². The van der Waals surface area contributed by atoms with E-state index in [0.717, 1.165) is 22.7 Å². The molecule has 0 unspecified atom stereocenters. The third-order valence-corrected chi connectivity index (χ3v) is 5.64. The fourth-order valence-electron chi connectivity index (χ4n) is 3.27. The number of fused-ring (bicyclic) bond motifs is 1. The van der Waals surface area contributed by atoms with Gasteiger partial charge < -0.3 is 24.4 Å². The molecular weight excluding hydrogens is 400 g/mol. The molecule has 1 aliphatic heterocycles. The summed E-state index contributed by atoms with van der Waals surface area (Å²) in [5.41, 5.74) is 1.91. The largest absolute Gasteiger partial charge is 0.497 e. The number of nitrogens with one attached hydrogen (secondary N) is 1. The van der Waals surface area contributed by atoms with Crippen molar-refractivity contribution >= 4 is 22.9 Å². The van der Waals surface area contributed by atoms with Crippen LogP contribution in [0.4, 0.5) is 5.69 Å². The number of thiophene rings is 1. The predicted octanol–water partition coefficient (Wildman–Crippen LogP) is 3.85. The van der Waals surface area contributed by atoms with Gasteiger partial charge in [0.15, 0.2) is 11.5 Å². The number of rotatable bonds is 8. The van der Waals surface area contributed by atoms with E-state index in [1.165, 1.54) is 4.88 Å². The maximum absolute atomic E-state index is 12.7. The first-order valence-corrected chi connectivity index (χ1v) is 10.7. The summed E-state index contributed by atoms with van der Waals surface area (Å²) in [6.07, 6.45) is 0. The summed E-state index contributed by atoms with van der Waals surface area (Å²) in [5.74, 6) is 2.18. The molecule has 4 rings (SSSR count). The summed E-state index contributed by atoms with van der Waals surface area (Å²) in [5, 5.41) is 5.05. The summed E-state index contributed by atoms with van der Waals surface area (Å²) >= 11 is 1.67. The Morgan fingerprint density at radius 1 is 1.10 bits per heavy atom. The van der Waals surface area contributed by atoms with Crippen molar-refractivity contribution in [2.75, 3.05) is 31.8 Å². The van der Waals surface area contributed by atoms with Crippen molar-refractivity contribution < 1.29 is 19.0 Å².